The number of fused-ring (bicyclic) bond motifs is 1. The van der Waals surface area contributed by atoms with E-state index in [1.54, 1.807) is 6.20 Å². The van der Waals surface area contributed by atoms with Crippen LogP contribution in [0, 0.1) is 5.92 Å². The van der Waals surface area contributed by atoms with Crippen LogP contribution in [0.1, 0.15) is 25.6 Å². The summed E-state index contributed by atoms with van der Waals surface area (Å²) in [6, 6.07) is 3.95. The predicted octanol–water partition coefficient (Wildman–Crippen LogP) is 2.32. The second-order valence-electron chi connectivity index (χ2n) is 4.68. The van der Waals surface area contributed by atoms with Gasteiger partial charge in [-0.05, 0) is 37.8 Å². The summed E-state index contributed by atoms with van der Waals surface area (Å²) in [5, 5.41) is 0. The van der Waals surface area contributed by atoms with Crippen LogP contribution in [0.3, 0.4) is 0 Å². The number of pyridine rings is 1. The van der Waals surface area contributed by atoms with Crippen molar-refractivity contribution in [1.82, 2.24) is 15.0 Å². The van der Waals surface area contributed by atoms with Crippen molar-refractivity contribution in [3.05, 3.63) is 24.2 Å². The second kappa shape index (κ2) is 4.45. The number of aromatic amines is 1. The largest absolute Gasteiger partial charge is 0.378 e. The summed E-state index contributed by atoms with van der Waals surface area (Å²) in [4.78, 5) is 12.1. The number of rotatable bonds is 4. The van der Waals surface area contributed by atoms with Gasteiger partial charge in [0.05, 0.1) is 11.6 Å². The molecule has 0 saturated heterocycles. The summed E-state index contributed by atoms with van der Waals surface area (Å²) in [7, 11) is 0. The molecule has 1 N–H and O–H groups in total. The normalized spacial score (nSPS) is 23.8. The minimum Gasteiger partial charge on any atom is -0.378 e. The summed E-state index contributed by atoms with van der Waals surface area (Å²) in [6.45, 7) is 2.88. The maximum Gasteiger partial charge on any atom is 0.177 e. The number of nitrogens with one attached hydrogen (secondary N) is 1. The fourth-order valence-electron chi connectivity index (χ4n) is 2.48. The van der Waals surface area contributed by atoms with Gasteiger partial charge in [0.2, 0.25) is 0 Å². The molecule has 4 heteroatoms. The maximum atomic E-state index is 5.56. The van der Waals surface area contributed by atoms with Crippen LogP contribution in [0.2, 0.25) is 0 Å². The van der Waals surface area contributed by atoms with Crippen molar-refractivity contribution in [2.24, 2.45) is 5.92 Å². The molecule has 0 atom stereocenters. The zero-order valence-electron chi connectivity index (χ0n) is 10.0. The smallest absolute Gasteiger partial charge is 0.177 e. The Labute approximate surface area is 100 Å². The lowest BCUT2D eigenvalue weighted by molar-refractivity contribution is -0.0244. The van der Waals surface area contributed by atoms with Crippen LogP contribution >= 0.6 is 0 Å². The van der Waals surface area contributed by atoms with E-state index in [4.69, 9.17) is 4.74 Å². The molecule has 0 unspecified atom stereocenters. The van der Waals surface area contributed by atoms with Crippen molar-refractivity contribution in [2.75, 3.05) is 6.61 Å². The lowest BCUT2D eigenvalue weighted by Gasteiger charge is -2.34. The number of imidazole rings is 1. The van der Waals surface area contributed by atoms with E-state index < -0.39 is 0 Å². The van der Waals surface area contributed by atoms with Gasteiger partial charge in [-0.25, -0.2) is 9.97 Å². The summed E-state index contributed by atoms with van der Waals surface area (Å²) in [5.41, 5.74) is 1.85. The average Bonchev–Trinajstić information content (AvgIpc) is 2.68. The minimum atomic E-state index is 0.479. The van der Waals surface area contributed by atoms with E-state index in [2.05, 4.69) is 21.9 Å². The molecule has 1 saturated carbocycles. The van der Waals surface area contributed by atoms with Crippen molar-refractivity contribution in [3.63, 3.8) is 0 Å². The highest BCUT2D eigenvalue weighted by Gasteiger charge is 2.30. The molecule has 2 heterocycles. The Bertz CT molecular complexity index is 469. The van der Waals surface area contributed by atoms with E-state index in [0.717, 1.165) is 42.9 Å². The summed E-state index contributed by atoms with van der Waals surface area (Å²) in [5.74, 6) is 1.77. The number of ether oxygens (including phenoxy) is 1. The van der Waals surface area contributed by atoms with Gasteiger partial charge >= 0.3 is 0 Å². The van der Waals surface area contributed by atoms with Gasteiger partial charge in [-0.15, -0.1) is 0 Å². The summed E-state index contributed by atoms with van der Waals surface area (Å²) >= 11 is 0. The predicted molar refractivity (Wildman–Crippen MR) is 65.7 cm³/mol. The first kappa shape index (κ1) is 10.7. The fraction of sp³-hybridized carbons (Fsp3) is 0.538. The standard InChI is InChI=1S/C13H17N3O/c1-2-17-10-6-9(7-10)8-12-15-11-4-3-5-14-13(11)16-12/h3-5,9-10H,2,6-8H2,1H3,(H,14,15,16). The third-order valence-corrected chi connectivity index (χ3v) is 3.38. The van der Waals surface area contributed by atoms with Gasteiger partial charge in [0.25, 0.3) is 0 Å². The zero-order chi connectivity index (χ0) is 11.7. The molecule has 1 aliphatic rings. The SMILES string of the molecule is CCOC1CC(Cc2nc3ncccc3[nH]2)C1. The molecule has 1 aliphatic carbocycles. The molecule has 17 heavy (non-hydrogen) atoms. The molecule has 0 aromatic carbocycles. The van der Waals surface area contributed by atoms with Crippen molar-refractivity contribution >= 4 is 11.2 Å². The molecule has 2 aromatic heterocycles. The molecule has 0 radical (unpaired) electrons. The lowest BCUT2D eigenvalue weighted by atomic mass is 9.80. The third-order valence-electron chi connectivity index (χ3n) is 3.38. The van der Waals surface area contributed by atoms with Crippen molar-refractivity contribution in [3.8, 4) is 0 Å². The number of H-pyrrole nitrogens is 1. The van der Waals surface area contributed by atoms with Gasteiger partial charge in [0.15, 0.2) is 5.65 Å². The molecule has 0 amide bonds. The van der Waals surface area contributed by atoms with Gasteiger partial charge in [-0.1, -0.05) is 0 Å². The van der Waals surface area contributed by atoms with E-state index in [0.29, 0.717) is 12.0 Å². The minimum absolute atomic E-state index is 0.479. The molecular formula is C13H17N3O. The molecule has 1 fully saturated rings. The molecule has 2 aromatic rings. The highest BCUT2D eigenvalue weighted by molar-refractivity contribution is 5.69. The number of hydrogen-bond acceptors (Lipinski definition) is 3. The van der Waals surface area contributed by atoms with Crippen molar-refractivity contribution in [1.29, 1.82) is 0 Å². The first-order valence-corrected chi connectivity index (χ1v) is 6.26. The number of aromatic nitrogens is 3. The van der Waals surface area contributed by atoms with Crippen molar-refractivity contribution < 1.29 is 4.74 Å². The topological polar surface area (TPSA) is 50.8 Å². The summed E-state index contributed by atoms with van der Waals surface area (Å²) < 4.78 is 5.56. The molecule has 3 rings (SSSR count). The van der Waals surface area contributed by atoms with Gasteiger partial charge in [-0.3, -0.25) is 0 Å². The van der Waals surface area contributed by atoms with Crippen LogP contribution in [0.25, 0.3) is 11.2 Å². The van der Waals surface area contributed by atoms with Crippen LogP contribution < -0.4 is 0 Å². The van der Waals surface area contributed by atoms with Gasteiger partial charge in [-0.2, -0.15) is 0 Å². The number of hydrogen-bond donors (Lipinski definition) is 1. The van der Waals surface area contributed by atoms with E-state index in [1.807, 2.05) is 12.1 Å². The van der Waals surface area contributed by atoms with Crippen LogP contribution in [-0.2, 0) is 11.2 Å². The van der Waals surface area contributed by atoms with E-state index in [1.165, 1.54) is 0 Å². The molecule has 0 spiro atoms. The van der Waals surface area contributed by atoms with Gasteiger partial charge in [0, 0.05) is 19.2 Å². The first-order valence-electron chi connectivity index (χ1n) is 6.26. The van der Waals surface area contributed by atoms with Gasteiger partial charge in [0.1, 0.15) is 5.82 Å². The fourth-order valence-corrected chi connectivity index (χ4v) is 2.48. The Morgan fingerprint density at radius 2 is 2.35 bits per heavy atom. The maximum absolute atomic E-state index is 5.56. The van der Waals surface area contributed by atoms with E-state index in [-0.39, 0.29) is 0 Å². The Morgan fingerprint density at radius 3 is 3.12 bits per heavy atom. The average molecular weight is 231 g/mol. The van der Waals surface area contributed by atoms with Crippen molar-refractivity contribution in [2.45, 2.75) is 32.3 Å². The molecular weight excluding hydrogens is 214 g/mol. The molecule has 0 bridgehead atoms. The second-order valence-corrected chi connectivity index (χ2v) is 4.68. The lowest BCUT2D eigenvalue weighted by Crippen LogP contribution is -2.32. The third kappa shape index (κ3) is 2.17. The Morgan fingerprint density at radius 1 is 1.47 bits per heavy atom. The summed E-state index contributed by atoms with van der Waals surface area (Å²) in [6.07, 6.45) is 5.60. The highest BCUT2D eigenvalue weighted by atomic mass is 16.5. The first-order chi connectivity index (χ1) is 8.35. The molecule has 4 nitrogen and oxygen atoms in total. The Balaban J connectivity index is 1.62. The van der Waals surface area contributed by atoms with Gasteiger partial charge < -0.3 is 9.72 Å². The van der Waals surface area contributed by atoms with E-state index in [9.17, 15) is 0 Å². The Hall–Kier alpha value is -1.42. The quantitative estimate of drug-likeness (QED) is 0.878. The molecule has 0 aliphatic heterocycles. The monoisotopic (exact) mass is 231 g/mol. The van der Waals surface area contributed by atoms with Crippen LogP contribution in [0.5, 0.6) is 0 Å². The Kier molecular flexibility index (Phi) is 2.81. The zero-order valence-corrected chi connectivity index (χ0v) is 10.0. The van der Waals surface area contributed by atoms with Crippen LogP contribution in [-0.4, -0.2) is 27.7 Å². The van der Waals surface area contributed by atoms with E-state index >= 15 is 0 Å². The van der Waals surface area contributed by atoms with Crippen LogP contribution in [0.4, 0.5) is 0 Å². The molecule has 90 valence electrons. The highest BCUT2D eigenvalue weighted by Crippen LogP contribution is 2.32. The number of nitrogens with zero attached hydrogens (tertiary/aromatic N) is 2. The van der Waals surface area contributed by atoms with Crippen LogP contribution in [0.15, 0.2) is 18.3 Å².